The maximum atomic E-state index is 11.0. The van der Waals surface area contributed by atoms with Gasteiger partial charge < -0.3 is 0 Å². The predicted octanol–water partition coefficient (Wildman–Crippen LogP) is 0.182. The van der Waals surface area contributed by atoms with Crippen LogP contribution in [0.3, 0.4) is 0 Å². The van der Waals surface area contributed by atoms with Gasteiger partial charge in [-0.3, -0.25) is 0 Å². The molecule has 0 aliphatic rings. The van der Waals surface area contributed by atoms with Crippen LogP contribution >= 0.6 is 0 Å². The van der Waals surface area contributed by atoms with Crippen molar-refractivity contribution >= 4 is 10.0 Å². The number of nitrogens with zero attached hydrogens (tertiary/aromatic N) is 2. The summed E-state index contributed by atoms with van der Waals surface area (Å²) in [6.45, 7) is 0. The highest BCUT2D eigenvalue weighted by molar-refractivity contribution is 7.89. The highest BCUT2D eigenvalue weighted by atomic mass is 32.2. The number of hydrogen-bond acceptors (Lipinski definition) is 3. The topological polar surface area (TPSA) is 61.2 Å². The second-order valence-corrected chi connectivity index (χ2v) is 4.66. The van der Waals surface area contributed by atoms with Crippen LogP contribution in [0.4, 0.5) is 0 Å². The minimum Gasteiger partial charge on any atom is -0.212 e. The van der Waals surface area contributed by atoms with E-state index in [4.69, 9.17) is 5.26 Å². The zero-order valence-electron chi connectivity index (χ0n) is 6.74. The van der Waals surface area contributed by atoms with Gasteiger partial charge in [0, 0.05) is 20.5 Å². The normalized spacial score (nSPS) is 11.5. The molecule has 0 amide bonds. The number of rotatable bonds is 4. The van der Waals surface area contributed by atoms with Crippen LogP contribution in [0, 0.1) is 11.3 Å². The van der Waals surface area contributed by atoms with Gasteiger partial charge in [-0.1, -0.05) is 0 Å². The summed E-state index contributed by atoms with van der Waals surface area (Å²) in [5.41, 5.74) is 0. The van der Waals surface area contributed by atoms with Gasteiger partial charge >= 0.3 is 0 Å². The number of sulfonamides is 1. The molecule has 0 fully saturated rings. The van der Waals surface area contributed by atoms with Crippen molar-refractivity contribution in [2.45, 2.75) is 12.8 Å². The maximum Gasteiger partial charge on any atom is 0.213 e. The van der Waals surface area contributed by atoms with E-state index < -0.39 is 10.0 Å². The molecule has 0 aliphatic heterocycles. The van der Waals surface area contributed by atoms with E-state index in [-0.39, 0.29) is 5.75 Å². The molecule has 0 saturated carbocycles. The predicted molar refractivity (Wildman–Crippen MR) is 42.3 cm³/mol. The van der Waals surface area contributed by atoms with Gasteiger partial charge in [-0.25, -0.2) is 12.7 Å². The average Bonchev–Trinajstić information content (AvgIpc) is 1.88. The van der Waals surface area contributed by atoms with Crippen molar-refractivity contribution < 1.29 is 8.42 Å². The van der Waals surface area contributed by atoms with Gasteiger partial charge in [0.1, 0.15) is 0 Å². The van der Waals surface area contributed by atoms with Gasteiger partial charge in [0.05, 0.1) is 11.8 Å². The summed E-state index contributed by atoms with van der Waals surface area (Å²) in [4.78, 5) is 0. The third kappa shape index (κ3) is 3.96. The lowest BCUT2D eigenvalue weighted by Crippen LogP contribution is -2.24. The summed E-state index contributed by atoms with van der Waals surface area (Å²) in [5.74, 6) is 0.0631. The molecule has 0 spiro atoms. The van der Waals surface area contributed by atoms with Gasteiger partial charge in [0.25, 0.3) is 0 Å². The zero-order valence-corrected chi connectivity index (χ0v) is 7.56. The summed E-state index contributed by atoms with van der Waals surface area (Å²) in [6.07, 6.45) is 0.712. The van der Waals surface area contributed by atoms with E-state index in [1.54, 1.807) is 0 Å². The van der Waals surface area contributed by atoms with Crippen molar-refractivity contribution in [3.63, 3.8) is 0 Å². The molecule has 0 N–H and O–H groups in total. The van der Waals surface area contributed by atoms with Crippen molar-refractivity contribution in [3.8, 4) is 6.07 Å². The molecule has 0 bridgehead atoms. The van der Waals surface area contributed by atoms with Crippen LogP contribution in [-0.2, 0) is 10.0 Å². The molecule has 5 heteroatoms. The van der Waals surface area contributed by atoms with Crippen LogP contribution in [0.5, 0.6) is 0 Å². The molecular weight excluding hydrogens is 164 g/mol. The van der Waals surface area contributed by atoms with E-state index >= 15 is 0 Å². The van der Waals surface area contributed by atoms with Crippen LogP contribution in [0.1, 0.15) is 12.8 Å². The standard InChI is InChI=1S/C6H12N2O2S/c1-8(2)11(9,10)6-4-3-5-7/h3-4,6H2,1-2H3. The molecule has 0 unspecified atom stereocenters. The quantitative estimate of drug-likeness (QED) is 0.574. The summed E-state index contributed by atoms with van der Waals surface area (Å²) in [5, 5.41) is 8.14. The van der Waals surface area contributed by atoms with Crippen LogP contribution in [0.2, 0.25) is 0 Å². The van der Waals surface area contributed by atoms with E-state index in [0.717, 1.165) is 0 Å². The highest BCUT2D eigenvalue weighted by Gasteiger charge is 2.11. The van der Waals surface area contributed by atoms with Crippen molar-refractivity contribution in [2.75, 3.05) is 19.8 Å². The van der Waals surface area contributed by atoms with Crippen molar-refractivity contribution in [1.82, 2.24) is 4.31 Å². The first-order chi connectivity index (χ1) is 5.00. The molecule has 0 heterocycles. The molecular formula is C6H12N2O2S. The Hall–Kier alpha value is -0.600. The maximum absolute atomic E-state index is 11.0. The Kier molecular flexibility index (Phi) is 4.08. The first kappa shape index (κ1) is 10.4. The Morgan fingerprint density at radius 3 is 2.36 bits per heavy atom. The minimum atomic E-state index is -3.09. The molecule has 0 aromatic rings. The van der Waals surface area contributed by atoms with E-state index in [9.17, 15) is 8.42 Å². The Balaban J connectivity index is 3.87. The summed E-state index contributed by atoms with van der Waals surface area (Å²) in [6, 6.07) is 1.90. The second kappa shape index (κ2) is 4.31. The molecule has 0 aromatic heterocycles. The minimum absolute atomic E-state index is 0.0631. The van der Waals surface area contributed by atoms with Gasteiger partial charge in [0.2, 0.25) is 10.0 Å². The second-order valence-electron chi connectivity index (χ2n) is 2.36. The monoisotopic (exact) mass is 176 g/mol. The Labute approximate surface area is 67.5 Å². The number of hydrogen-bond donors (Lipinski definition) is 0. The zero-order chi connectivity index (χ0) is 8.91. The van der Waals surface area contributed by atoms with Gasteiger partial charge in [-0.15, -0.1) is 0 Å². The lowest BCUT2D eigenvalue weighted by atomic mass is 10.4. The van der Waals surface area contributed by atoms with E-state index in [1.165, 1.54) is 18.4 Å². The molecule has 0 atom stereocenters. The lowest BCUT2D eigenvalue weighted by molar-refractivity contribution is 0.519. The fourth-order valence-electron chi connectivity index (χ4n) is 0.516. The summed E-state index contributed by atoms with van der Waals surface area (Å²) < 4.78 is 23.2. The smallest absolute Gasteiger partial charge is 0.212 e. The highest BCUT2D eigenvalue weighted by Crippen LogP contribution is 1.98. The van der Waals surface area contributed by atoms with Crippen LogP contribution in [-0.4, -0.2) is 32.6 Å². The first-order valence-corrected chi connectivity index (χ1v) is 4.89. The van der Waals surface area contributed by atoms with Crippen molar-refractivity contribution in [2.24, 2.45) is 0 Å². The van der Waals surface area contributed by atoms with Gasteiger partial charge in [-0.2, -0.15) is 5.26 Å². The van der Waals surface area contributed by atoms with Gasteiger partial charge in [0.15, 0.2) is 0 Å². The largest absolute Gasteiger partial charge is 0.213 e. The van der Waals surface area contributed by atoms with E-state index in [0.29, 0.717) is 12.8 Å². The van der Waals surface area contributed by atoms with E-state index in [1.807, 2.05) is 6.07 Å². The molecule has 0 saturated heterocycles. The molecule has 0 radical (unpaired) electrons. The molecule has 0 aliphatic carbocycles. The fourth-order valence-corrected chi connectivity index (χ4v) is 1.39. The van der Waals surface area contributed by atoms with Gasteiger partial charge in [-0.05, 0) is 6.42 Å². The summed E-state index contributed by atoms with van der Waals surface area (Å²) >= 11 is 0. The average molecular weight is 176 g/mol. The van der Waals surface area contributed by atoms with Crippen molar-refractivity contribution in [1.29, 1.82) is 5.26 Å². The lowest BCUT2D eigenvalue weighted by Gasteiger charge is -2.09. The Morgan fingerprint density at radius 1 is 1.45 bits per heavy atom. The SMILES string of the molecule is CN(C)S(=O)(=O)CCCC#N. The van der Waals surface area contributed by atoms with E-state index in [2.05, 4.69) is 0 Å². The van der Waals surface area contributed by atoms with Crippen LogP contribution < -0.4 is 0 Å². The van der Waals surface area contributed by atoms with Crippen LogP contribution in [0.15, 0.2) is 0 Å². The molecule has 0 aromatic carbocycles. The van der Waals surface area contributed by atoms with Crippen molar-refractivity contribution in [3.05, 3.63) is 0 Å². The van der Waals surface area contributed by atoms with Crippen LogP contribution in [0.25, 0.3) is 0 Å². The molecule has 0 rings (SSSR count). The first-order valence-electron chi connectivity index (χ1n) is 3.28. The number of nitriles is 1. The Morgan fingerprint density at radius 2 is 2.00 bits per heavy atom. The molecule has 4 nitrogen and oxygen atoms in total. The fraction of sp³-hybridized carbons (Fsp3) is 0.833. The third-order valence-corrected chi connectivity index (χ3v) is 3.16. The Bertz CT molecular complexity index is 238. The number of unbranched alkanes of at least 4 members (excludes halogenated alkanes) is 1. The summed E-state index contributed by atoms with van der Waals surface area (Å²) in [7, 11) is -0.113. The molecule has 11 heavy (non-hydrogen) atoms. The molecule has 64 valence electrons. The third-order valence-electron chi connectivity index (χ3n) is 1.25.